The molecular weight excluding hydrogens is 400 g/mol. The number of aryl methyl sites for hydroxylation is 2. The van der Waals surface area contributed by atoms with E-state index < -0.39 is 18.5 Å². The highest BCUT2D eigenvalue weighted by atomic mass is 35.5. The number of carbonyl (C=O) groups is 3. The molecule has 2 amide bonds. The van der Waals surface area contributed by atoms with Gasteiger partial charge in [-0.05, 0) is 55.9 Å². The molecule has 0 bridgehead atoms. The maximum absolute atomic E-state index is 12.7. The highest BCUT2D eigenvalue weighted by molar-refractivity contribution is 7.17. The van der Waals surface area contributed by atoms with Crippen molar-refractivity contribution in [2.45, 2.75) is 39.5 Å². The molecule has 0 fully saturated rings. The highest BCUT2D eigenvalue weighted by Gasteiger charge is 2.27. The van der Waals surface area contributed by atoms with Crippen molar-refractivity contribution < 1.29 is 19.1 Å². The Morgan fingerprint density at radius 3 is 2.64 bits per heavy atom. The zero-order valence-electron chi connectivity index (χ0n) is 15.7. The number of nitrogens with one attached hydrogen (secondary N) is 2. The number of halogens is 1. The second-order valence-corrected chi connectivity index (χ2v) is 8.20. The van der Waals surface area contributed by atoms with E-state index in [0.29, 0.717) is 21.3 Å². The van der Waals surface area contributed by atoms with Crippen molar-refractivity contribution in [3.8, 4) is 0 Å². The van der Waals surface area contributed by atoms with Gasteiger partial charge in [-0.15, -0.1) is 11.3 Å². The predicted octanol–water partition coefficient (Wildman–Crippen LogP) is 4.34. The van der Waals surface area contributed by atoms with Crippen molar-refractivity contribution in [2.24, 2.45) is 0 Å². The molecule has 2 N–H and O–H groups in total. The van der Waals surface area contributed by atoms with Crippen molar-refractivity contribution in [2.75, 3.05) is 17.2 Å². The van der Waals surface area contributed by atoms with E-state index in [1.165, 1.54) is 18.3 Å². The molecule has 0 aliphatic heterocycles. The molecule has 148 valence electrons. The third-order valence-corrected chi connectivity index (χ3v) is 6.07. The van der Waals surface area contributed by atoms with Gasteiger partial charge in [-0.2, -0.15) is 0 Å². The summed E-state index contributed by atoms with van der Waals surface area (Å²) in [6, 6.07) is 5.16. The minimum atomic E-state index is -0.597. The van der Waals surface area contributed by atoms with Crippen LogP contribution >= 0.6 is 22.9 Å². The van der Waals surface area contributed by atoms with Gasteiger partial charge in [-0.3, -0.25) is 9.59 Å². The molecule has 1 aliphatic rings. The van der Waals surface area contributed by atoms with Gasteiger partial charge in [-0.1, -0.05) is 17.7 Å². The van der Waals surface area contributed by atoms with Crippen molar-refractivity contribution in [3.05, 3.63) is 44.8 Å². The zero-order chi connectivity index (χ0) is 20.3. The fourth-order valence-electron chi connectivity index (χ4n) is 3.10. The van der Waals surface area contributed by atoms with Gasteiger partial charge in [-0.25, -0.2) is 4.79 Å². The third kappa shape index (κ3) is 4.72. The van der Waals surface area contributed by atoms with Gasteiger partial charge in [0.25, 0.3) is 5.91 Å². The smallest absolute Gasteiger partial charge is 0.341 e. The molecule has 8 heteroatoms. The molecule has 3 rings (SSSR count). The van der Waals surface area contributed by atoms with Crippen LogP contribution in [0.15, 0.2) is 18.2 Å². The molecule has 1 aliphatic carbocycles. The molecule has 0 saturated carbocycles. The van der Waals surface area contributed by atoms with Gasteiger partial charge in [0, 0.05) is 22.5 Å². The van der Waals surface area contributed by atoms with Crippen LogP contribution in [0.5, 0.6) is 0 Å². The van der Waals surface area contributed by atoms with Crippen molar-refractivity contribution >= 4 is 51.4 Å². The number of esters is 1. The van der Waals surface area contributed by atoms with E-state index in [2.05, 4.69) is 10.6 Å². The highest BCUT2D eigenvalue weighted by Crippen LogP contribution is 2.38. The van der Waals surface area contributed by atoms with E-state index >= 15 is 0 Å². The minimum absolute atomic E-state index is 0.248. The number of amides is 2. The second-order valence-electron chi connectivity index (χ2n) is 6.68. The number of ether oxygens (including phenoxy) is 1. The van der Waals surface area contributed by atoms with Crippen LogP contribution in [0.2, 0.25) is 5.02 Å². The van der Waals surface area contributed by atoms with E-state index in [4.69, 9.17) is 16.3 Å². The Bertz CT molecular complexity index is 939. The monoisotopic (exact) mass is 420 g/mol. The van der Waals surface area contributed by atoms with Gasteiger partial charge in [0.1, 0.15) is 5.00 Å². The average molecular weight is 421 g/mol. The molecule has 1 aromatic carbocycles. The summed E-state index contributed by atoms with van der Waals surface area (Å²) in [6.07, 6.45) is 3.69. The quantitative estimate of drug-likeness (QED) is 0.704. The van der Waals surface area contributed by atoms with Crippen molar-refractivity contribution in [3.63, 3.8) is 0 Å². The molecule has 28 heavy (non-hydrogen) atoms. The number of hydrogen-bond acceptors (Lipinski definition) is 5. The predicted molar refractivity (Wildman–Crippen MR) is 110 cm³/mol. The summed E-state index contributed by atoms with van der Waals surface area (Å²) < 4.78 is 5.23. The first-order chi connectivity index (χ1) is 13.3. The van der Waals surface area contributed by atoms with Crippen LogP contribution in [0.4, 0.5) is 10.7 Å². The molecular formula is C20H21ClN2O4S. The van der Waals surface area contributed by atoms with Crippen LogP contribution in [-0.4, -0.2) is 24.4 Å². The van der Waals surface area contributed by atoms with Gasteiger partial charge in [0.05, 0.1) is 5.56 Å². The second kappa shape index (κ2) is 8.75. The number of hydrogen-bond donors (Lipinski definition) is 2. The summed E-state index contributed by atoms with van der Waals surface area (Å²) in [5.41, 5.74) is 2.74. The Labute approximate surface area is 172 Å². The van der Waals surface area contributed by atoms with Crippen LogP contribution < -0.4 is 10.6 Å². The van der Waals surface area contributed by atoms with E-state index in [1.807, 2.05) is 6.92 Å². The molecule has 1 heterocycles. The van der Waals surface area contributed by atoms with Crippen LogP contribution in [0, 0.1) is 6.92 Å². The van der Waals surface area contributed by atoms with Crippen molar-refractivity contribution in [1.29, 1.82) is 0 Å². The summed E-state index contributed by atoms with van der Waals surface area (Å²) in [5, 5.41) is 6.40. The molecule has 0 saturated heterocycles. The summed E-state index contributed by atoms with van der Waals surface area (Å²) in [4.78, 5) is 37.4. The molecule has 0 radical (unpaired) electrons. The Morgan fingerprint density at radius 2 is 1.93 bits per heavy atom. The Balaban J connectivity index is 1.68. The normalized spacial score (nSPS) is 12.8. The van der Waals surface area contributed by atoms with E-state index in [1.54, 1.807) is 18.2 Å². The van der Waals surface area contributed by atoms with Gasteiger partial charge < -0.3 is 15.4 Å². The van der Waals surface area contributed by atoms with E-state index in [0.717, 1.165) is 41.7 Å². The number of rotatable bonds is 5. The van der Waals surface area contributed by atoms with Crippen LogP contribution in [0.25, 0.3) is 0 Å². The molecule has 0 spiro atoms. The van der Waals surface area contributed by atoms with Crippen LogP contribution in [-0.2, 0) is 27.2 Å². The van der Waals surface area contributed by atoms with E-state index in [-0.39, 0.29) is 5.91 Å². The Hall–Kier alpha value is -2.38. The third-order valence-electron chi connectivity index (χ3n) is 4.45. The fraction of sp³-hybridized carbons (Fsp3) is 0.350. The number of carbonyl (C=O) groups excluding carboxylic acids is 3. The average Bonchev–Trinajstić information content (AvgIpc) is 3.00. The Morgan fingerprint density at radius 1 is 1.18 bits per heavy atom. The number of benzene rings is 1. The summed E-state index contributed by atoms with van der Waals surface area (Å²) in [7, 11) is 0. The first kappa shape index (κ1) is 20.4. The fourth-order valence-corrected chi connectivity index (χ4v) is 4.60. The number of fused-ring (bicyclic) bond motifs is 1. The van der Waals surface area contributed by atoms with Crippen LogP contribution in [0.3, 0.4) is 0 Å². The lowest BCUT2D eigenvalue weighted by atomic mass is 9.95. The Kier molecular flexibility index (Phi) is 6.36. The topological polar surface area (TPSA) is 84.5 Å². The van der Waals surface area contributed by atoms with E-state index in [9.17, 15) is 14.4 Å². The maximum atomic E-state index is 12.7. The molecule has 0 atom stereocenters. The lowest BCUT2D eigenvalue weighted by molar-refractivity contribution is -0.119. The minimum Gasteiger partial charge on any atom is -0.452 e. The standard InChI is InChI=1S/C20H21ClN2O4S/c1-11-7-8-13(9-15(11)21)23-17(25)10-27-20(26)18-14-5-3-4-6-16(14)28-19(18)22-12(2)24/h7-9H,3-6,10H2,1-2H3,(H,22,24)(H,23,25). The summed E-state index contributed by atoms with van der Waals surface area (Å²) in [6.45, 7) is 2.84. The summed E-state index contributed by atoms with van der Waals surface area (Å²) >= 11 is 7.46. The van der Waals surface area contributed by atoms with Crippen molar-refractivity contribution in [1.82, 2.24) is 0 Å². The molecule has 2 aromatic rings. The lowest BCUT2D eigenvalue weighted by Gasteiger charge is -2.13. The first-order valence-electron chi connectivity index (χ1n) is 9.00. The molecule has 1 aromatic heterocycles. The van der Waals surface area contributed by atoms with Gasteiger partial charge in [0.15, 0.2) is 6.61 Å². The zero-order valence-corrected chi connectivity index (χ0v) is 17.3. The number of anilines is 2. The number of thiophene rings is 1. The SMILES string of the molecule is CC(=O)Nc1sc2c(c1C(=O)OCC(=O)Nc1ccc(C)c(Cl)c1)CCCC2. The molecule has 6 nitrogen and oxygen atoms in total. The maximum Gasteiger partial charge on any atom is 0.341 e. The first-order valence-corrected chi connectivity index (χ1v) is 10.2. The van der Waals surface area contributed by atoms with Gasteiger partial charge in [0.2, 0.25) is 5.91 Å². The van der Waals surface area contributed by atoms with Gasteiger partial charge >= 0.3 is 5.97 Å². The van der Waals surface area contributed by atoms with Crippen LogP contribution in [0.1, 0.15) is 46.1 Å². The lowest BCUT2D eigenvalue weighted by Crippen LogP contribution is -2.22. The summed E-state index contributed by atoms with van der Waals surface area (Å²) in [5.74, 6) is -1.31. The largest absolute Gasteiger partial charge is 0.452 e. The molecule has 0 unspecified atom stereocenters.